The van der Waals surface area contributed by atoms with Crippen molar-refractivity contribution in [3.05, 3.63) is 35.4 Å². The number of carbonyl (C=O) groups is 2. The molecule has 0 bridgehead atoms. The van der Waals surface area contributed by atoms with Crippen molar-refractivity contribution in [2.75, 3.05) is 26.2 Å². The Balaban J connectivity index is 2.02. The summed E-state index contributed by atoms with van der Waals surface area (Å²) in [7, 11) is 0. The first-order valence-corrected chi connectivity index (χ1v) is 6.68. The smallest absolute Gasteiger partial charge is 0.256 e. The van der Waals surface area contributed by atoms with Crippen LogP contribution in [0.5, 0.6) is 0 Å². The zero-order valence-corrected chi connectivity index (χ0v) is 11.7. The maximum absolute atomic E-state index is 13.6. The summed E-state index contributed by atoms with van der Waals surface area (Å²) in [4.78, 5) is 26.7. The molecule has 0 spiro atoms. The minimum atomic E-state index is -0.868. The van der Waals surface area contributed by atoms with Crippen molar-refractivity contribution in [1.82, 2.24) is 9.80 Å². The predicted molar refractivity (Wildman–Crippen MR) is 72.5 cm³/mol. The summed E-state index contributed by atoms with van der Waals surface area (Å²) in [6.07, 6.45) is 0. The van der Waals surface area contributed by atoms with Gasteiger partial charge in [-0.25, -0.2) is 8.78 Å². The normalized spacial score (nSPS) is 17.6. The molecule has 1 aromatic rings. The van der Waals surface area contributed by atoms with Crippen molar-refractivity contribution in [2.24, 2.45) is 5.73 Å². The quantitative estimate of drug-likeness (QED) is 0.888. The van der Waals surface area contributed by atoms with Crippen molar-refractivity contribution >= 4 is 11.8 Å². The minimum Gasteiger partial charge on any atom is -0.368 e. The Morgan fingerprint density at radius 2 is 1.81 bits per heavy atom. The predicted octanol–water partition coefficient (Wildman–Crippen LogP) is 0.596. The van der Waals surface area contributed by atoms with Crippen LogP contribution in [0.2, 0.25) is 0 Å². The Bertz CT molecular complexity index is 557. The standard InChI is InChI=1S/C14H17F2N3O2/c1-9(13(17)20)18-4-6-19(7-5-18)14(21)11-3-2-10(15)8-12(11)16/h2-3,8-9H,4-7H2,1H3,(H2,17,20)/t9-/m1/s1. The number of halogens is 2. The number of hydrogen-bond acceptors (Lipinski definition) is 3. The van der Waals surface area contributed by atoms with Gasteiger partial charge in [0.1, 0.15) is 11.6 Å². The van der Waals surface area contributed by atoms with Gasteiger partial charge in [-0.1, -0.05) is 0 Å². The summed E-state index contributed by atoms with van der Waals surface area (Å²) < 4.78 is 26.5. The van der Waals surface area contributed by atoms with Crippen molar-refractivity contribution in [3.8, 4) is 0 Å². The molecule has 7 heteroatoms. The van der Waals surface area contributed by atoms with Gasteiger partial charge < -0.3 is 10.6 Å². The second kappa shape index (κ2) is 6.17. The van der Waals surface area contributed by atoms with Gasteiger partial charge in [-0.2, -0.15) is 0 Å². The van der Waals surface area contributed by atoms with E-state index in [-0.39, 0.29) is 5.56 Å². The Morgan fingerprint density at radius 1 is 1.19 bits per heavy atom. The molecule has 1 aliphatic rings. The zero-order valence-electron chi connectivity index (χ0n) is 11.7. The highest BCUT2D eigenvalue weighted by Crippen LogP contribution is 2.14. The first-order valence-electron chi connectivity index (χ1n) is 6.68. The molecule has 1 heterocycles. The van der Waals surface area contributed by atoms with Crippen molar-refractivity contribution in [3.63, 3.8) is 0 Å². The fraction of sp³-hybridized carbons (Fsp3) is 0.429. The third kappa shape index (κ3) is 3.36. The number of piperazine rings is 1. The highest BCUT2D eigenvalue weighted by molar-refractivity contribution is 5.94. The maximum atomic E-state index is 13.6. The molecule has 1 atom stereocenters. The summed E-state index contributed by atoms with van der Waals surface area (Å²) in [5.74, 6) is -2.48. The van der Waals surface area contributed by atoms with Gasteiger partial charge in [0, 0.05) is 32.2 Å². The fourth-order valence-corrected chi connectivity index (χ4v) is 2.33. The van der Waals surface area contributed by atoms with Crippen LogP contribution in [0.3, 0.4) is 0 Å². The second-order valence-electron chi connectivity index (χ2n) is 5.03. The van der Waals surface area contributed by atoms with Gasteiger partial charge in [0.15, 0.2) is 0 Å². The van der Waals surface area contributed by atoms with Crippen molar-refractivity contribution in [1.29, 1.82) is 0 Å². The van der Waals surface area contributed by atoms with Crippen LogP contribution >= 0.6 is 0 Å². The first-order chi connectivity index (χ1) is 9.90. The molecule has 0 unspecified atom stereocenters. The lowest BCUT2D eigenvalue weighted by Gasteiger charge is -2.37. The lowest BCUT2D eigenvalue weighted by molar-refractivity contribution is -0.123. The number of carbonyl (C=O) groups excluding carboxylic acids is 2. The van der Waals surface area contributed by atoms with Crippen molar-refractivity contribution < 1.29 is 18.4 Å². The average Bonchev–Trinajstić information content (AvgIpc) is 2.46. The summed E-state index contributed by atoms with van der Waals surface area (Å²) in [5.41, 5.74) is 5.09. The van der Waals surface area contributed by atoms with Crippen LogP contribution in [-0.2, 0) is 4.79 Å². The van der Waals surface area contributed by atoms with E-state index in [0.717, 1.165) is 12.1 Å². The van der Waals surface area contributed by atoms with Gasteiger partial charge in [-0.15, -0.1) is 0 Å². The molecule has 5 nitrogen and oxygen atoms in total. The first kappa shape index (κ1) is 15.4. The van der Waals surface area contributed by atoms with E-state index in [2.05, 4.69) is 0 Å². The Morgan fingerprint density at radius 3 is 2.33 bits per heavy atom. The van der Waals surface area contributed by atoms with Crippen LogP contribution in [0, 0.1) is 11.6 Å². The largest absolute Gasteiger partial charge is 0.368 e. The molecule has 1 saturated heterocycles. The van der Waals surface area contributed by atoms with Crippen LogP contribution in [0.4, 0.5) is 8.78 Å². The summed E-state index contributed by atoms with van der Waals surface area (Å²) in [5, 5.41) is 0. The van der Waals surface area contributed by atoms with E-state index < -0.39 is 29.5 Å². The number of nitrogens with two attached hydrogens (primary N) is 1. The van der Waals surface area contributed by atoms with Gasteiger partial charge >= 0.3 is 0 Å². The maximum Gasteiger partial charge on any atom is 0.256 e. The van der Waals surface area contributed by atoms with Crippen LogP contribution in [0.15, 0.2) is 18.2 Å². The minimum absolute atomic E-state index is 0.146. The number of benzene rings is 1. The van der Waals surface area contributed by atoms with Gasteiger partial charge in [0.25, 0.3) is 5.91 Å². The summed E-state index contributed by atoms with van der Waals surface area (Å²) in [6, 6.07) is 2.50. The monoisotopic (exact) mass is 297 g/mol. The molecule has 0 aromatic heterocycles. The molecular formula is C14H17F2N3O2. The van der Waals surface area contributed by atoms with E-state index in [1.54, 1.807) is 6.92 Å². The van der Waals surface area contributed by atoms with E-state index in [0.29, 0.717) is 32.2 Å². The fourth-order valence-electron chi connectivity index (χ4n) is 2.33. The number of nitrogens with zero attached hydrogens (tertiary/aromatic N) is 2. The molecule has 2 N–H and O–H groups in total. The number of amides is 2. The van der Waals surface area contributed by atoms with Crippen LogP contribution in [0.25, 0.3) is 0 Å². The molecule has 0 saturated carbocycles. The van der Waals surface area contributed by atoms with Crippen LogP contribution in [-0.4, -0.2) is 53.8 Å². The number of hydrogen-bond donors (Lipinski definition) is 1. The topological polar surface area (TPSA) is 66.6 Å². The highest BCUT2D eigenvalue weighted by Gasteiger charge is 2.27. The van der Waals surface area contributed by atoms with Crippen LogP contribution < -0.4 is 5.73 Å². The lowest BCUT2D eigenvalue weighted by atomic mass is 10.1. The number of rotatable bonds is 3. The van der Waals surface area contributed by atoms with Gasteiger partial charge in [-0.05, 0) is 19.1 Å². The van der Waals surface area contributed by atoms with Gasteiger partial charge in [0.05, 0.1) is 11.6 Å². The summed E-state index contributed by atoms with van der Waals surface area (Å²) >= 11 is 0. The molecule has 2 amide bonds. The second-order valence-corrected chi connectivity index (χ2v) is 5.03. The molecule has 0 radical (unpaired) electrons. The lowest BCUT2D eigenvalue weighted by Crippen LogP contribution is -2.54. The Hall–Kier alpha value is -2.02. The third-order valence-corrected chi connectivity index (χ3v) is 3.72. The van der Waals surface area contributed by atoms with Gasteiger partial charge in [0.2, 0.25) is 5.91 Å². The SMILES string of the molecule is C[C@H](C(N)=O)N1CCN(C(=O)c2ccc(F)cc2F)CC1. The summed E-state index contributed by atoms with van der Waals surface area (Å²) in [6.45, 7) is 3.41. The van der Waals surface area contributed by atoms with Crippen molar-refractivity contribution in [2.45, 2.75) is 13.0 Å². The molecule has 1 fully saturated rings. The van der Waals surface area contributed by atoms with Crippen LogP contribution in [0.1, 0.15) is 17.3 Å². The Kier molecular flexibility index (Phi) is 4.52. The van der Waals surface area contributed by atoms with E-state index >= 15 is 0 Å². The van der Waals surface area contributed by atoms with Gasteiger partial charge in [-0.3, -0.25) is 14.5 Å². The molecule has 1 aliphatic heterocycles. The molecular weight excluding hydrogens is 280 g/mol. The van der Waals surface area contributed by atoms with E-state index in [9.17, 15) is 18.4 Å². The Labute approximate surface area is 121 Å². The zero-order chi connectivity index (χ0) is 15.6. The number of primary amides is 1. The molecule has 114 valence electrons. The average molecular weight is 297 g/mol. The molecule has 1 aromatic carbocycles. The molecule has 0 aliphatic carbocycles. The molecule has 21 heavy (non-hydrogen) atoms. The third-order valence-electron chi connectivity index (χ3n) is 3.72. The highest BCUT2D eigenvalue weighted by atomic mass is 19.1. The van der Waals surface area contributed by atoms with E-state index in [1.165, 1.54) is 4.90 Å². The van der Waals surface area contributed by atoms with E-state index in [4.69, 9.17) is 5.73 Å². The molecule has 2 rings (SSSR count). The van der Waals surface area contributed by atoms with E-state index in [1.807, 2.05) is 4.90 Å².